The van der Waals surface area contributed by atoms with Crippen LogP contribution in [0.3, 0.4) is 0 Å². The van der Waals surface area contributed by atoms with Crippen LogP contribution in [-0.2, 0) is 9.31 Å². The standard InChI is InChI=1S/C17H27BO4/c1-8-20-15-11-13(9-10-14(15)19-7)12(2)18-21-16(3,4)17(5,6)22-18/h9-12H,8H2,1-7H3. The van der Waals surface area contributed by atoms with E-state index < -0.39 is 0 Å². The molecule has 0 spiro atoms. The Labute approximate surface area is 134 Å². The van der Waals surface area contributed by atoms with Crippen LogP contribution < -0.4 is 9.47 Å². The van der Waals surface area contributed by atoms with Gasteiger partial charge in [-0.1, -0.05) is 13.0 Å². The Morgan fingerprint density at radius 1 is 1.09 bits per heavy atom. The lowest BCUT2D eigenvalue weighted by Gasteiger charge is -2.32. The second-order valence-electron chi connectivity index (χ2n) is 6.76. The van der Waals surface area contributed by atoms with E-state index in [1.807, 2.05) is 25.1 Å². The largest absolute Gasteiger partial charge is 0.493 e. The fraction of sp³-hybridized carbons (Fsp3) is 0.647. The molecule has 1 aromatic carbocycles. The quantitative estimate of drug-likeness (QED) is 0.775. The molecule has 1 fully saturated rings. The summed E-state index contributed by atoms with van der Waals surface area (Å²) in [6.07, 6.45) is 0. The normalized spacial score (nSPS) is 20.8. The molecule has 4 nitrogen and oxygen atoms in total. The van der Waals surface area contributed by atoms with Crippen molar-refractivity contribution in [2.75, 3.05) is 13.7 Å². The highest BCUT2D eigenvalue weighted by molar-refractivity contribution is 6.47. The Bertz CT molecular complexity index is 511. The van der Waals surface area contributed by atoms with E-state index in [9.17, 15) is 0 Å². The number of ether oxygens (including phenoxy) is 2. The van der Waals surface area contributed by atoms with E-state index in [0.717, 1.165) is 17.1 Å². The first kappa shape index (κ1) is 17.2. The van der Waals surface area contributed by atoms with Crippen LogP contribution in [0.2, 0.25) is 0 Å². The van der Waals surface area contributed by atoms with Gasteiger partial charge in [-0.15, -0.1) is 0 Å². The zero-order chi connectivity index (χ0) is 16.5. The van der Waals surface area contributed by atoms with Gasteiger partial charge < -0.3 is 18.8 Å². The van der Waals surface area contributed by atoms with Crippen LogP contribution in [-0.4, -0.2) is 32.0 Å². The van der Waals surface area contributed by atoms with Gasteiger partial charge in [0.15, 0.2) is 11.5 Å². The summed E-state index contributed by atoms with van der Waals surface area (Å²) in [5.74, 6) is 1.60. The molecule has 1 aliphatic heterocycles. The molecule has 0 saturated carbocycles. The van der Waals surface area contributed by atoms with Crippen molar-refractivity contribution in [3.8, 4) is 11.5 Å². The topological polar surface area (TPSA) is 36.9 Å². The Balaban J connectivity index is 2.23. The van der Waals surface area contributed by atoms with Gasteiger partial charge in [0.2, 0.25) is 0 Å². The third-order valence-electron chi connectivity index (χ3n) is 4.69. The van der Waals surface area contributed by atoms with Crippen molar-refractivity contribution in [3.63, 3.8) is 0 Å². The van der Waals surface area contributed by atoms with Gasteiger partial charge in [-0.3, -0.25) is 0 Å². The molecule has 122 valence electrons. The first-order valence-corrected chi connectivity index (χ1v) is 7.88. The minimum Gasteiger partial charge on any atom is -0.493 e. The molecule has 1 heterocycles. The predicted molar refractivity (Wildman–Crippen MR) is 88.7 cm³/mol. The number of hydrogen-bond donors (Lipinski definition) is 0. The Kier molecular flexibility index (Phi) is 4.78. The highest BCUT2D eigenvalue weighted by Crippen LogP contribution is 2.41. The van der Waals surface area contributed by atoms with Crippen LogP contribution in [0.5, 0.6) is 11.5 Å². The zero-order valence-electron chi connectivity index (χ0n) is 14.7. The number of methoxy groups -OCH3 is 1. The van der Waals surface area contributed by atoms with Crippen molar-refractivity contribution in [2.45, 2.75) is 58.6 Å². The van der Waals surface area contributed by atoms with Crippen molar-refractivity contribution in [2.24, 2.45) is 0 Å². The van der Waals surface area contributed by atoms with E-state index >= 15 is 0 Å². The van der Waals surface area contributed by atoms with Crippen molar-refractivity contribution in [3.05, 3.63) is 23.8 Å². The average molecular weight is 306 g/mol. The lowest BCUT2D eigenvalue weighted by atomic mass is 9.69. The Morgan fingerprint density at radius 2 is 1.68 bits per heavy atom. The fourth-order valence-electron chi connectivity index (χ4n) is 2.49. The first-order chi connectivity index (χ1) is 10.2. The highest BCUT2D eigenvalue weighted by atomic mass is 16.7. The van der Waals surface area contributed by atoms with Crippen LogP contribution in [0.15, 0.2) is 18.2 Å². The molecule has 5 heteroatoms. The monoisotopic (exact) mass is 306 g/mol. The summed E-state index contributed by atoms with van der Waals surface area (Å²) in [5.41, 5.74) is 0.477. The maximum atomic E-state index is 6.14. The van der Waals surface area contributed by atoms with Gasteiger partial charge in [0.25, 0.3) is 0 Å². The molecule has 1 atom stereocenters. The molecule has 1 saturated heterocycles. The van der Waals surface area contributed by atoms with Gasteiger partial charge >= 0.3 is 7.12 Å². The number of benzene rings is 1. The van der Waals surface area contributed by atoms with Gasteiger partial charge in [-0.2, -0.15) is 0 Å². The molecule has 0 radical (unpaired) electrons. The molecule has 1 aromatic rings. The zero-order valence-corrected chi connectivity index (χ0v) is 14.7. The van der Waals surface area contributed by atoms with Crippen molar-refractivity contribution in [1.29, 1.82) is 0 Å². The van der Waals surface area contributed by atoms with Gasteiger partial charge in [0.05, 0.1) is 24.9 Å². The minimum absolute atomic E-state index is 0.103. The molecular weight excluding hydrogens is 279 g/mol. The highest BCUT2D eigenvalue weighted by Gasteiger charge is 2.53. The summed E-state index contributed by atoms with van der Waals surface area (Å²) < 4.78 is 23.3. The molecule has 0 amide bonds. The second-order valence-corrected chi connectivity index (χ2v) is 6.76. The molecule has 0 aromatic heterocycles. The molecular formula is C17H27BO4. The summed E-state index contributed by atoms with van der Waals surface area (Å²) in [6, 6.07) is 5.98. The number of rotatable bonds is 5. The Morgan fingerprint density at radius 3 is 2.18 bits per heavy atom. The summed E-state index contributed by atoms with van der Waals surface area (Å²) >= 11 is 0. The first-order valence-electron chi connectivity index (χ1n) is 7.88. The van der Waals surface area contributed by atoms with Gasteiger partial charge in [0, 0.05) is 5.82 Å². The molecule has 0 bridgehead atoms. The van der Waals surface area contributed by atoms with Gasteiger partial charge in [-0.05, 0) is 52.3 Å². The molecule has 1 unspecified atom stereocenters. The summed E-state index contributed by atoms with van der Waals surface area (Å²) in [5, 5.41) is 0. The van der Waals surface area contributed by atoms with Crippen LogP contribution >= 0.6 is 0 Å². The molecule has 0 N–H and O–H groups in total. The van der Waals surface area contributed by atoms with Crippen molar-refractivity contribution >= 4 is 7.12 Å². The average Bonchev–Trinajstić information content (AvgIpc) is 2.67. The summed E-state index contributed by atoms with van der Waals surface area (Å²) in [4.78, 5) is 0. The van der Waals surface area contributed by atoms with Crippen LogP contribution in [0.4, 0.5) is 0 Å². The van der Waals surface area contributed by atoms with Gasteiger partial charge in [0.1, 0.15) is 0 Å². The van der Waals surface area contributed by atoms with E-state index in [-0.39, 0.29) is 24.1 Å². The minimum atomic E-state index is -0.318. The predicted octanol–water partition coefficient (Wildman–Crippen LogP) is 3.83. The number of hydrogen-bond acceptors (Lipinski definition) is 4. The van der Waals surface area contributed by atoms with Crippen LogP contribution in [0, 0.1) is 0 Å². The van der Waals surface area contributed by atoms with Crippen LogP contribution in [0.25, 0.3) is 0 Å². The van der Waals surface area contributed by atoms with E-state index in [2.05, 4.69) is 34.6 Å². The van der Waals surface area contributed by atoms with Gasteiger partial charge in [-0.25, -0.2) is 0 Å². The fourth-order valence-corrected chi connectivity index (χ4v) is 2.49. The second kappa shape index (κ2) is 6.13. The van der Waals surface area contributed by atoms with E-state index in [0.29, 0.717) is 6.61 Å². The smallest absolute Gasteiger partial charge is 0.465 e. The third-order valence-corrected chi connectivity index (χ3v) is 4.69. The molecule has 22 heavy (non-hydrogen) atoms. The Hall–Kier alpha value is -1.20. The maximum Gasteiger partial charge on any atom is 0.465 e. The summed E-state index contributed by atoms with van der Waals surface area (Å²) in [6.45, 7) is 13.0. The molecule has 0 aliphatic carbocycles. The maximum absolute atomic E-state index is 6.14. The summed E-state index contributed by atoms with van der Waals surface area (Å²) in [7, 11) is 1.38. The SMILES string of the molecule is CCOc1cc(C(C)B2OC(C)(C)C(C)(C)O2)ccc1OC. The van der Waals surface area contributed by atoms with E-state index in [4.69, 9.17) is 18.8 Å². The van der Waals surface area contributed by atoms with E-state index in [1.54, 1.807) is 7.11 Å². The van der Waals surface area contributed by atoms with Crippen molar-refractivity contribution in [1.82, 2.24) is 0 Å². The van der Waals surface area contributed by atoms with Crippen molar-refractivity contribution < 1.29 is 18.8 Å². The lowest BCUT2D eigenvalue weighted by Crippen LogP contribution is -2.41. The lowest BCUT2D eigenvalue weighted by molar-refractivity contribution is 0.00578. The molecule has 1 aliphatic rings. The third kappa shape index (κ3) is 3.11. The molecule has 2 rings (SSSR count). The van der Waals surface area contributed by atoms with Crippen LogP contribution in [0.1, 0.15) is 52.9 Å². The van der Waals surface area contributed by atoms with E-state index in [1.165, 1.54) is 0 Å².